The van der Waals surface area contributed by atoms with E-state index in [0.717, 1.165) is 0 Å². The van der Waals surface area contributed by atoms with Crippen molar-refractivity contribution < 1.29 is 5.78 Å². The van der Waals surface area contributed by atoms with Crippen LogP contribution in [0.5, 0.6) is 0 Å². The van der Waals surface area contributed by atoms with E-state index in [-0.39, 0.29) is 10.8 Å². The van der Waals surface area contributed by atoms with E-state index in [4.69, 9.17) is 8.96 Å². The van der Waals surface area contributed by atoms with Crippen molar-refractivity contribution >= 4 is 35.3 Å². The Morgan fingerprint density at radius 1 is 0.500 bits per heavy atom. The molecule has 0 fully saturated rings. The van der Waals surface area contributed by atoms with E-state index in [9.17, 15) is 0 Å². The van der Waals surface area contributed by atoms with Gasteiger partial charge in [-0.3, -0.25) is 0 Å². The molecule has 4 heteroatoms. The average molecular weight is 432 g/mol. The summed E-state index contributed by atoms with van der Waals surface area (Å²) in [6, 6.07) is 23.3. The molecule has 0 bridgehead atoms. The summed E-state index contributed by atoms with van der Waals surface area (Å²) in [5, 5.41) is 0. The Morgan fingerprint density at radius 3 is 0.955 bits per heavy atom. The normalized spacial score (nSPS) is 14.9. The molecule has 0 amide bonds. The average Bonchev–Trinajstić information content (AvgIpc) is 2.58. The van der Waals surface area contributed by atoms with Gasteiger partial charge in [-0.25, -0.2) is 0 Å². The van der Waals surface area contributed by atoms with Gasteiger partial charge < -0.3 is 0 Å². The molecule has 0 aliphatic heterocycles. The zero-order valence-corrected chi connectivity index (χ0v) is 14.8. The van der Waals surface area contributed by atoms with Gasteiger partial charge in [0.2, 0.25) is 0 Å². The first-order valence-corrected chi connectivity index (χ1v) is 15.0. The number of rotatable bonds is 3. The fourth-order valence-electron chi connectivity index (χ4n) is 2.54. The summed E-state index contributed by atoms with van der Waals surface area (Å²) in [4.78, 5) is 0. The molecule has 0 aliphatic carbocycles. The van der Waals surface area contributed by atoms with Crippen LogP contribution in [0.1, 0.15) is 0 Å². The molecule has 114 valence electrons. The number of hydrogen-bond donors (Lipinski definition) is 0. The summed E-state index contributed by atoms with van der Waals surface area (Å²) in [5.74, 6) is 0. The van der Waals surface area contributed by atoms with Gasteiger partial charge in [-0.15, -0.1) is 0 Å². The molecule has 0 aliphatic rings. The summed E-state index contributed by atoms with van der Waals surface area (Å²) >= 11 is -7.40. The standard InChI is InChI=1S/C18H15ClF2Te/c19-22(20,21,16-10-4-1-5-11-16,17-12-6-2-7-13-17)18-14-8-3-9-15-18/h1-15H. The van der Waals surface area contributed by atoms with Gasteiger partial charge in [-0.2, -0.15) is 0 Å². The van der Waals surface area contributed by atoms with Crippen LogP contribution in [0.3, 0.4) is 0 Å². The van der Waals surface area contributed by atoms with Crippen LogP contribution >= 0.6 is 8.96 Å². The monoisotopic (exact) mass is 434 g/mol. The van der Waals surface area contributed by atoms with E-state index >= 15 is 5.78 Å². The van der Waals surface area contributed by atoms with E-state index in [1.54, 1.807) is 54.6 Å². The Morgan fingerprint density at radius 2 is 0.727 bits per heavy atom. The van der Waals surface area contributed by atoms with Crippen molar-refractivity contribution in [2.45, 2.75) is 0 Å². The van der Waals surface area contributed by atoms with Crippen molar-refractivity contribution in [3.63, 3.8) is 0 Å². The SMILES string of the molecule is F[Te](F)(Cl)(c1ccccc1)(c1ccccc1)c1ccccc1. The molecule has 0 spiro atoms. The second-order valence-electron chi connectivity index (χ2n) is 5.11. The molecule has 0 nitrogen and oxygen atoms in total. The molecular weight excluding hydrogens is 417 g/mol. The van der Waals surface area contributed by atoms with Gasteiger partial charge in [-0.05, 0) is 0 Å². The Kier molecular flexibility index (Phi) is 3.38. The summed E-state index contributed by atoms with van der Waals surface area (Å²) in [5.41, 5.74) is 0. The molecule has 3 aromatic rings. The maximum absolute atomic E-state index is 16.7. The van der Waals surface area contributed by atoms with Crippen LogP contribution < -0.4 is 10.8 Å². The van der Waals surface area contributed by atoms with Gasteiger partial charge in [-0.1, -0.05) is 0 Å². The minimum atomic E-state index is -7.40. The van der Waals surface area contributed by atoms with Crippen LogP contribution in [0.25, 0.3) is 0 Å². The summed E-state index contributed by atoms with van der Waals surface area (Å²) in [6.07, 6.45) is 0. The van der Waals surface area contributed by atoms with Crippen LogP contribution in [-0.2, 0) is 0 Å². The van der Waals surface area contributed by atoms with Crippen molar-refractivity contribution in [1.82, 2.24) is 0 Å². The van der Waals surface area contributed by atoms with Gasteiger partial charge in [0.05, 0.1) is 0 Å². The molecule has 3 rings (SSSR count). The van der Waals surface area contributed by atoms with Crippen LogP contribution in [0.4, 0.5) is 5.78 Å². The molecule has 0 N–H and O–H groups in total. The Labute approximate surface area is 131 Å². The second kappa shape index (κ2) is 4.80. The van der Waals surface area contributed by atoms with Crippen LogP contribution in [0.2, 0.25) is 0 Å². The third kappa shape index (κ3) is 2.08. The van der Waals surface area contributed by atoms with Crippen LogP contribution in [-0.4, -0.2) is 15.5 Å². The topological polar surface area (TPSA) is 0 Å². The molecule has 3 aromatic carbocycles. The van der Waals surface area contributed by atoms with Crippen molar-refractivity contribution in [2.24, 2.45) is 0 Å². The predicted octanol–water partition coefficient (Wildman–Crippen LogP) is 3.73. The third-order valence-electron chi connectivity index (χ3n) is 3.74. The molecule has 0 atom stereocenters. The van der Waals surface area contributed by atoms with E-state index in [1.165, 1.54) is 36.4 Å². The Hall–Kier alpha value is -1.40. The van der Waals surface area contributed by atoms with Crippen molar-refractivity contribution in [3.8, 4) is 0 Å². The molecule has 0 heterocycles. The predicted molar refractivity (Wildman–Crippen MR) is 92.1 cm³/mol. The van der Waals surface area contributed by atoms with Crippen LogP contribution in [0.15, 0.2) is 91.0 Å². The van der Waals surface area contributed by atoms with E-state index in [2.05, 4.69) is 0 Å². The summed E-state index contributed by atoms with van der Waals surface area (Å²) < 4.78 is 33.0. The third-order valence-corrected chi connectivity index (χ3v) is 18.3. The first kappa shape index (κ1) is 15.5. The van der Waals surface area contributed by atoms with Gasteiger partial charge in [0.1, 0.15) is 0 Å². The quantitative estimate of drug-likeness (QED) is 0.554. The zero-order valence-electron chi connectivity index (χ0n) is 11.7. The summed E-state index contributed by atoms with van der Waals surface area (Å²) in [7, 11) is 6.48. The Bertz CT molecular complexity index is 685. The minimum absolute atomic E-state index is 0.0941. The molecule has 0 saturated carbocycles. The first-order chi connectivity index (χ1) is 10.4. The van der Waals surface area contributed by atoms with Gasteiger partial charge in [0.25, 0.3) is 0 Å². The molecule has 0 aromatic heterocycles. The molecule has 0 saturated heterocycles. The van der Waals surface area contributed by atoms with E-state index < -0.39 is 15.5 Å². The fraction of sp³-hybridized carbons (Fsp3) is 0. The van der Waals surface area contributed by atoms with Gasteiger partial charge >= 0.3 is 132 Å². The van der Waals surface area contributed by atoms with Crippen molar-refractivity contribution in [3.05, 3.63) is 91.0 Å². The second-order valence-corrected chi connectivity index (χ2v) is 20.5. The van der Waals surface area contributed by atoms with Crippen LogP contribution in [0, 0.1) is 0 Å². The van der Waals surface area contributed by atoms with Crippen molar-refractivity contribution in [2.75, 3.05) is 0 Å². The van der Waals surface area contributed by atoms with E-state index in [0.29, 0.717) is 0 Å². The molecule has 22 heavy (non-hydrogen) atoms. The molecule has 0 unspecified atom stereocenters. The maximum atomic E-state index is 16.7. The number of hydrogen-bond acceptors (Lipinski definition) is 0. The Balaban J connectivity index is 2.49. The number of halogens is 3. The molecular formula is C18H15ClF2Te. The van der Waals surface area contributed by atoms with Crippen molar-refractivity contribution in [1.29, 1.82) is 0 Å². The summed E-state index contributed by atoms with van der Waals surface area (Å²) in [6.45, 7) is 0. The first-order valence-electron chi connectivity index (χ1n) is 6.81. The van der Waals surface area contributed by atoms with Gasteiger partial charge in [0, 0.05) is 0 Å². The van der Waals surface area contributed by atoms with Gasteiger partial charge in [0.15, 0.2) is 0 Å². The van der Waals surface area contributed by atoms with E-state index in [1.807, 2.05) is 0 Å². The molecule has 0 radical (unpaired) electrons. The zero-order chi connectivity index (χ0) is 15.7. The number of benzene rings is 3. The fourth-order valence-corrected chi connectivity index (χ4v) is 13.3.